The molecule has 1 unspecified atom stereocenters. The summed E-state index contributed by atoms with van der Waals surface area (Å²) in [7, 11) is -5.62. The second-order valence-electron chi connectivity index (χ2n) is 5.83. The van der Waals surface area contributed by atoms with Crippen LogP contribution in [0.2, 0.25) is 15.1 Å². The fraction of sp³-hybridized carbons (Fsp3) is 0.235. The maximum Gasteiger partial charge on any atom is 0.516 e. The third-order valence-electron chi connectivity index (χ3n) is 3.67. The van der Waals surface area contributed by atoms with E-state index in [1.165, 1.54) is 29.8 Å². The van der Waals surface area contributed by atoms with Crippen LogP contribution in [-0.4, -0.2) is 19.6 Å². The molecule has 0 heterocycles. The molecule has 0 saturated heterocycles. The number of anilines is 1. The van der Waals surface area contributed by atoms with Crippen LogP contribution < -0.4 is 4.72 Å². The zero-order valence-electron chi connectivity index (χ0n) is 14.9. The molecule has 0 amide bonds. The molecule has 2 aromatic rings. The van der Waals surface area contributed by atoms with Gasteiger partial charge in [0.1, 0.15) is 0 Å². The molecule has 0 bridgehead atoms. The summed E-state index contributed by atoms with van der Waals surface area (Å²) in [6.07, 6.45) is -0.621. The summed E-state index contributed by atoms with van der Waals surface area (Å²) in [6.45, 7) is 3.07. The van der Waals surface area contributed by atoms with Gasteiger partial charge in [0.05, 0.1) is 11.4 Å². The minimum atomic E-state index is -5.62. The smallest absolute Gasteiger partial charge is 0.388 e. The van der Waals surface area contributed by atoms with Crippen LogP contribution in [0.15, 0.2) is 41.6 Å². The van der Waals surface area contributed by atoms with E-state index >= 15 is 0 Å². The minimum Gasteiger partial charge on any atom is -0.388 e. The van der Waals surface area contributed by atoms with Gasteiger partial charge >= 0.3 is 15.5 Å². The van der Waals surface area contributed by atoms with Gasteiger partial charge in [-0.25, -0.2) is 0 Å². The van der Waals surface area contributed by atoms with Crippen LogP contribution in [0.25, 0.3) is 0 Å². The lowest BCUT2D eigenvalue weighted by molar-refractivity contribution is -0.0429. The van der Waals surface area contributed by atoms with Crippen molar-refractivity contribution in [2.45, 2.75) is 25.5 Å². The van der Waals surface area contributed by atoms with Crippen molar-refractivity contribution in [3.05, 3.63) is 62.6 Å². The van der Waals surface area contributed by atoms with Gasteiger partial charge in [-0.05, 0) is 44.2 Å². The zero-order valence-corrected chi connectivity index (χ0v) is 18.0. The zero-order chi connectivity index (χ0) is 22.0. The first kappa shape index (κ1) is 23.6. The first-order valence-corrected chi connectivity index (χ1v) is 10.5. The summed E-state index contributed by atoms with van der Waals surface area (Å²) in [6, 6.07) is 8.37. The van der Waals surface area contributed by atoms with E-state index in [2.05, 4.69) is 5.16 Å². The van der Waals surface area contributed by atoms with Gasteiger partial charge in [-0.1, -0.05) is 46.0 Å². The Morgan fingerprint density at radius 3 is 2.28 bits per heavy atom. The molecule has 1 atom stereocenters. The predicted molar refractivity (Wildman–Crippen MR) is 108 cm³/mol. The van der Waals surface area contributed by atoms with E-state index in [9.17, 15) is 21.6 Å². The fourth-order valence-electron chi connectivity index (χ4n) is 2.20. The number of alkyl halides is 3. The third-order valence-corrected chi connectivity index (χ3v) is 5.56. The Labute approximate surface area is 180 Å². The van der Waals surface area contributed by atoms with Crippen LogP contribution in [0.4, 0.5) is 18.9 Å². The van der Waals surface area contributed by atoms with Gasteiger partial charge in [0, 0.05) is 26.2 Å². The average molecular weight is 490 g/mol. The molecular weight excluding hydrogens is 476 g/mol. The number of nitrogens with one attached hydrogen (secondary N) is 1. The van der Waals surface area contributed by atoms with E-state index in [0.29, 0.717) is 15.6 Å². The van der Waals surface area contributed by atoms with Crippen molar-refractivity contribution in [1.82, 2.24) is 0 Å². The number of rotatable bonds is 6. The van der Waals surface area contributed by atoms with Gasteiger partial charge in [-0.15, -0.1) is 0 Å². The van der Waals surface area contributed by atoms with Crippen molar-refractivity contribution in [3.63, 3.8) is 0 Å². The van der Waals surface area contributed by atoms with Crippen LogP contribution in [-0.2, 0) is 14.9 Å². The van der Waals surface area contributed by atoms with E-state index < -0.39 is 21.6 Å². The molecule has 12 heteroatoms. The molecule has 0 aliphatic rings. The van der Waals surface area contributed by atoms with E-state index in [1.807, 2.05) is 0 Å². The van der Waals surface area contributed by atoms with E-state index in [4.69, 9.17) is 39.6 Å². The lowest BCUT2D eigenvalue weighted by atomic mass is 10.1. The average Bonchev–Trinajstić information content (AvgIpc) is 2.59. The molecule has 0 aromatic heterocycles. The molecule has 0 spiro atoms. The topological polar surface area (TPSA) is 67.8 Å². The number of benzene rings is 2. The Morgan fingerprint density at radius 1 is 1.10 bits per heavy atom. The maximum absolute atomic E-state index is 12.7. The van der Waals surface area contributed by atoms with Gasteiger partial charge in [0.2, 0.25) is 0 Å². The molecule has 29 heavy (non-hydrogen) atoms. The van der Waals surface area contributed by atoms with Crippen molar-refractivity contribution in [2.24, 2.45) is 5.16 Å². The highest BCUT2D eigenvalue weighted by atomic mass is 35.5. The van der Waals surface area contributed by atoms with E-state index in [-0.39, 0.29) is 22.0 Å². The van der Waals surface area contributed by atoms with Gasteiger partial charge < -0.3 is 4.84 Å². The molecule has 2 aromatic carbocycles. The molecule has 0 aliphatic heterocycles. The summed E-state index contributed by atoms with van der Waals surface area (Å²) in [5, 5.41) is 4.83. The lowest BCUT2D eigenvalue weighted by Crippen LogP contribution is -2.30. The summed E-state index contributed by atoms with van der Waals surface area (Å²) in [5.74, 6) is 0. The summed E-state index contributed by atoms with van der Waals surface area (Å²) in [4.78, 5) is 5.38. The number of oxime groups is 1. The molecule has 0 saturated carbocycles. The second-order valence-corrected chi connectivity index (χ2v) is 8.79. The highest BCUT2D eigenvalue weighted by Crippen LogP contribution is 2.30. The van der Waals surface area contributed by atoms with Crippen LogP contribution in [0.5, 0.6) is 0 Å². The molecule has 2 rings (SSSR count). The number of hydrogen-bond acceptors (Lipinski definition) is 4. The quantitative estimate of drug-likeness (QED) is 0.376. The van der Waals surface area contributed by atoms with Crippen molar-refractivity contribution in [3.8, 4) is 0 Å². The van der Waals surface area contributed by atoms with Crippen molar-refractivity contribution in [2.75, 3.05) is 4.72 Å². The highest BCUT2D eigenvalue weighted by Gasteiger charge is 2.46. The number of sulfonamides is 1. The van der Waals surface area contributed by atoms with Gasteiger partial charge in [-0.2, -0.15) is 21.6 Å². The fourth-order valence-corrected chi connectivity index (χ4v) is 3.52. The number of nitrogens with zero attached hydrogens (tertiary/aromatic N) is 1. The Hall–Kier alpha value is -1.68. The normalized spacial score (nSPS) is 13.9. The minimum absolute atomic E-state index is 0.0136. The molecule has 5 nitrogen and oxygen atoms in total. The summed E-state index contributed by atoms with van der Waals surface area (Å²) < 4.78 is 62.4. The SMILES string of the molecule is C/C(=N\OC(C)c1ccc(Cl)cc1Cl)c1cc(Cl)ccc1NS(=O)(=O)C(F)(F)F. The van der Waals surface area contributed by atoms with Gasteiger partial charge in [-0.3, -0.25) is 4.72 Å². The number of halogens is 6. The third kappa shape index (κ3) is 5.91. The lowest BCUT2D eigenvalue weighted by Gasteiger charge is -2.16. The molecular formula is C17H14Cl3F3N2O3S. The predicted octanol–water partition coefficient (Wildman–Crippen LogP) is 6.41. The maximum atomic E-state index is 12.7. The highest BCUT2D eigenvalue weighted by molar-refractivity contribution is 7.93. The number of hydrogen-bond donors (Lipinski definition) is 1. The Bertz CT molecular complexity index is 1040. The van der Waals surface area contributed by atoms with Crippen LogP contribution in [0.3, 0.4) is 0 Å². The van der Waals surface area contributed by atoms with E-state index in [0.717, 1.165) is 6.07 Å². The Kier molecular flexibility index (Phi) is 7.32. The van der Waals surface area contributed by atoms with E-state index in [1.54, 1.807) is 19.1 Å². The molecule has 0 aliphatic carbocycles. The standard InChI is InChI=1S/C17H14Cl3F3N2O3S/c1-9(24-28-10(2)13-5-3-12(19)8-15(13)20)14-7-11(18)4-6-16(14)25-29(26,27)17(21,22)23/h3-8,10,25H,1-2H3/b24-9+. The Balaban J connectivity index is 2.32. The molecule has 158 valence electrons. The van der Waals surface area contributed by atoms with Crippen molar-refractivity contribution >= 4 is 56.2 Å². The monoisotopic (exact) mass is 488 g/mol. The second kappa shape index (κ2) is 8.99. The van der Waals surface area contributed by atoms with Crippen LogP contribution in [0.1, 0.15) is 31.1 Å². The van der Waals surface area contributed by atoms with Crippen LogP contribution >= 0.6 is 34.8 Å². The van der Waals surface area contributed by atoms with Crippen molar-refractivity contribution < 1.29 is 26.4 Å². The van der Waals surface area contributed by atoms with Crippen LogP contribution in [0, 0.1) is 0 Å². The first-order valence-electron chi connectivity index (χ1n) is 7.86. The van der Waals surface area contributed by atoms with Gasteiger partial charge in [0.15, 0.2) is 6.10 Å². The largest absolute Gasteiger partial charge is 0.516 e. The Morgan fingerprint density at radius 2 is 1.69 bits per heavy atom. The van der Waals surface area contributed by atoms with Crippen molar-refractivity contribution in [1.29, 1.82) is 0 Å². The molecule has 0 fully saturated rings. The first-order chi connectivity index (χ1) is 13.3. The summed E-state index contributed by atoms with van der Waals surface area (Å²) in [5.41, 5.74) is -5.15. The molecule has 0 radical (unpaired) electrons. The molecule has 1 N–H and O–H groups in total. The van der Waals surface area contributed by atoms with Gasteiger partial charge in [0.25, 0.3) is 0 Å². The summed E-state index contributed by atoms with van der Waals surface area (Å²) >= 11 is 17.8.